The highest BCUT2D eigenvalue weighted by Gasteiger charge is 2.15. The molecule has 1 aliphatic rings. The van der Waals surface area contributed by atoms with E-state index in [-0.39, 0.29) is 5.91 Å². The topological polar surface area (TPSA) is 58.6 Å². The fourth-order valence-electron chi connectivity index (χ4n) is 1.48. The summed E-state index contributed by atoms with van der Waals surface area (Å²) in [5.41, 5.74) is 0. The maximum atomic E-state index is 11.4. The van der Waals surface area contributed by atoms with Gasteiger partial charge in [-0.3, -0.25) is 9.59 Å². The Labute approximate surface area is 110 Å². The molecule has 1 fully saturated rings. The average Bonchev–Trinajstić information content (AvgIpc) is 2.45. The lowest BCUT2D eigenvalue weighted by Crippen LogP contribution is -2.40. The summed E-state index contributed by atoms with van der Waals surface area (Å²) in [6.45, 7) is 6.90. The van der Waals surface area contributed by atoms with Crippen molar-refractivity contribution in [2.75, 3.05) is 33.4 Å². The molecule has 0 aromatic carbocycles. The Balaban J connectivity index is 0.000000411. The first-order valence-corrected chi connectivity index (χ1v) is 6.71. The standard InChI is InChI=1S/C9H17NO2.C4H9NO/c1-2-3-4-9(11)10-5-7-12-8-6-10;1-3-4(6)5-2/h2-8H2,1H3;3H2,1-2H3,(H,5,6). The zero-order valence-electron chi connectivity index (χ0n) is 11.8. The van der Waals surface area contributed by atoms with Gasteiger partial charge in [0, 0.05) is 33.0 Å². The maximum absolute atomic E-state index is 11.4. The summed E-state index contributed by atoms with van der Waals surface area (Å²) in [5.74, 6) is 0.384. The highest BCUT2D eigenvalue weighted by molar-refractivity contribution is 5.76. The van der Waals surface area contributed by atoms with Gasteiger partial charge >= 0.3 is 0 Å². The Morgan fingerprint density at radius 3 is 2.22 bits per heavy atom. The number of hydrogen-bond donors (Lipinski definition) is 1. The van der Waals surface area contributed by atoms with E-state index in [4.69, 9.17) is 4.74 Å². The first-order chi connectivity index (χ1) is 8.65. The van der Waals surface area contributed by atoms with Crippen LogP contribution in [0.3, 0.4) is 0 Å². The number of hydrogen-bond acceptors (Lipinski definition) is 3. The first-order valence-electron chi connectivity index (χ1n) is 6.71. The van der Waals surface area contributed by atoms with Crippen molar-refractivity contribution in [1.82, 2.24) is 10.2 Å². The summed E-state index contributed by atoms with van der Waals surface area (Å²) in [5, 5.41) is 2.48. The lowest BCUT2D eigenvalue weighted by molar-refractivity contribution is -0.135. The smallest absolute Gasteiger partial charge is 0.222 e. The summed E-state index contributed by atoms with van der Waals surface area (Å²) in [6.07, 6.45) is 3.39. The second-order valence-electron chi connectivity index (χ2n) is 4.12. The van der Waals surface area contributed by atoms with Crippen LogP contribution in [-0.2, 0) is 14.3 Å². The van der Waals surface area contributed by atoms with Crippen LogP contribution in [-0.4, -0.2) is 50.1 Å². The molecule has 1 N–H and O–H groups in total. The molecule has 0 atom stereocenters. The van der Waals surface area contributed by atoms with Gasteiger partial charge in [0.1, 0.15) is 0 Å². The molecule has 1 saturated heterocycles. The van der Waals surface area contributed by atoms with Crippen molar-refractivity contribution in [3.05, 3.63) is 0 Å². The van der Waals surface area contributed by atoms with E-state index in [1.54, 1.807) is 7.05 Å². The van der Waals surface area contributed by atoms with Gasteiger partial charge in [0.15, 0.2) is 0 Å². The van der Waals surface area contributed by atoms with E-state index in [1.165, 1.54) is 0 Å². The van der Waals surface area contributed by atoms with E-state index in [0.29, 0.717) is 32.0 Å². The first kappa shape index (κ1) is 16.9. The van der Waals surface area contributed by atoms with E-state index in [0.717, 1.165) is 25.9 Å². The van der Waals surface area contributed by atoms with Crippen molar-refractivity contribution in [1.29, 1.82) is 0 Å². The van der Waals surface area contributed by atoms with Crippen LogP contribution in [0.25, 0.3) is 0 Å². The summed E-state index contributed by atoms with van der Waals surface area (Å²) in [6, 6.07) is 0. The molecule has 1 heterocycles. The van der Waals surface area contributed by atoms with E-state index in [2.05, 4.69) is 12.2 Å². The van der Waals surface area contributed by atoms with Crippen LogP contribution in [0.2, 0.25) is 0 Å². The molecule has 0 unspecified atom stereocenters. The number of nitrogens with one attached hydrogen (secondary N) is 1. The van der Waals surface area contributed by atoms with Gasteiger partial charge in [-0.15, -0.1) is 0 Å². The second kappa shape index (κ2) is 11.0. The van der Waals surface area contributed by atoms with Crippen LogP contribution in [0.15, 0.2) is 0 Å². The van der Waals surface area contributed by atoms with Crippen LogP contribution in [0.1, 0.15) is 39.5 Å². The number of ether oxygens (including phenoxy) is 1. The minimum atomic E-state index is 0.0926. The quantitative estimate of drug-likeness (QED) is 0.823. The molecule has 0 spiro atoms. The van der Waals surface area contributed by atoms with Crippen LogP contribution >= 0.6 is 0 Å². The molecule has 0 radical (unpaired) electrons. The molecule has 5 nitrogen and oxygen atoms in total. The molecule has 0 aliphatic carbocycles. The van der Waals surface area contributed by atoms with Crippen LogP contribution < -0.4 is 5.32 Å². The summed E-state index contributed by atoms with van der Waals surface area (Å²) >= 11 is 0. The number of unbranched alkanes of at least 4 members (excludes halogenated alkanes) is 1. The highest BCUT2D eigenvalue weighted by Crippen LogP contribution is 2.03. The monoisotopic (exact) mass is 258 g/mol. The Morgan fingerprint density at radius 1 is 1.22 bits per heavy atom. The zero-order valence-corrected chi connectivity index (χ0v) is 11.8. The summed E-state index contributed by atoms with van der Waals surface area (Å²) in [4.78, 5) is 23.4. The van der Waals surface area contributed by atoms with Crippen LogP contribution in [0.4, 0.5) is 0 Å². The van der Waals surface area contributed by atoms with Crippen LogP contribution in [0.5, 0.6) is 0 Å². The van der Waals surface area contributed by atoms with Crippen molar-refractivity contribution in [3.8, 4) is 0 Å². The Kier molecular flexibility index (Phi) is 10.3. The number of carbonyl (C=O) groups is 2. The van der Waals surface area contributed by atoms with E-state index in [9.17, 15) is 9.59 Å². The third kappa shape index (κ3) is 8.06. The second-order valence-corrected chi connectivity index (χ2v) is 4.12. The SMILES string of the molecule is CCC(=O)NC.CCCCC(=O)N1CCOCC1. The molecule has 0 aromatic rings. The van der Waals surface area contributed by atoms with Gasteiger partial charge in [0.25, 0.3) is 0 Å². The van der Waals surface area contributed by atoms with Gasteiger partial charge in [-0.2, -0.15) is 0 Å². The maximum Gasteiger partial charge on any atom is 0.222 e. The normalized spacial score (nSPS) is 14.5. The molecular formula is C13H26N2O3. The van der Waals surface area contributed by atoms with Crippen molar-refractivity contribution < 1.29 is 14.3 Å². The lowest BCUT2D eigenvalue weighted by atomic mass is 10.2. The van der Waals surface area contributed by atoms with Gasteiger partial charge < -0.3 is 15.0 Å². The number of amides is 2. The Morgan fingerprint density at radius 2 is 1.83 bits per heavy atom. The van der Waals surface area contributed by atoms with E-state index in [1.807, 2.05) is 11.8 Å². The predicted octanol–water partition coefficient (Wildman–Crippen LogP) is 1.18. The largest absolute Gasteiger partial charge is 0.378 e. The van der Waals surface area contributed by atoms with Crippen molar-refractivity contribution in [3.63, 3.8) is 0 Å². The fourth-order valence-corrected chi connectivity index (χ4v) is 1.48. The average molecular weight is 258 g/mol. The van der Waals surface area contributed by atoms with Gasteiger partial charge in [0.05, 0.1) is 13.2 Å². The molecule has 2 amide bonds. The van der Waals surface area contributed by atoms with Gasteiger partial charge in [0.2, 0.25) is 11.8 Å². The van der Waals surface area contributed by atoms with Crippen molar-refractivity contribution >= 4 is 11.8 Å². The van der Waals surface area contributed by atoms with E-state index >= 15 is 0 Å². The summed E-state index contributed by atoms with van der Waals surface area (Å²) < 4.78 is 5.16. The van der Waals surface area contributed by atoms with Crippen LogP contribution in [0, 0.1) is 0 Å². The van der Waals surface area contributed by atoms with Gasteiger partial charge in [-0.25, -0.2) is 0 Å². The van der Waals surface area contributed by atoms with Gasteiger partial charge in [-0.1, -0.05) is 20.3 Å². The molecular weight excluding hydrogens is 232 g/mol. The Bertz CT molecular complexity index is 232. The molecule has 106 valence electrons. The summed E-state index contributed by atoms with van der Waals surface area (Å²) in [7, 11) is 1.63. The van der Waals surface area contributed by atoms with Gasteiger partial charge in [-0.05, 0) is 6.42 Å². The molecule has 0 bridgehead atoms. The van der Waals surface area contributed by atoms with Crippen molar-refractivity contribution in [2.24, 2.45) is 0 Å². The number of nitrogens with zero attached hydrogens (tertiary/aromatic N) is 1. The Hall–Kier alpha value is -1.10. The number of morpholine rings is 1. The minimum Gasteiger partial charge on any atom is -0.378 e. The minimum absolute atomic E-state index is 0.0926. The van der Waals surface area contributed by atoms with Crippen molar-refractivity contribution in [2.45, 2.75) is 39.5 Å². The zero-order chi connectivity index (χ0) is 13.8. The fraction of sp³-hybridized carbons (Fsp3) is 0.846. The lowest BCUT2D eigenvalue weighted by Gasteiger charge is -2.26. The molecule has 0 saturated carbocycles. The predicted molar refractivity (Wildman–Crippen MR) is 71.3 cm³/mol. The molecule has 18 heavy (non-hydrogen) atoms. The third-order valence-electron chi connectivity index (χ3n) is 2.71. The molecule has 1 aliphatic heterocycles. The number of carbonyl (C=O) groups excluding carboxylic acids is 2. The molecule has 0 aromatic heterocycles. The third-order valence-corrected chi connectivity index (χ3v) is 2.71. The molecule has 5 heteroatoms. The highest BCUT2D eigenvalue weighted by atomic mass is 16.5. The molecule has 1 rings (SSSR count). The van der Waals surface area contributed by atoms with E-state index < -0.39 is 0 Å². The number of rotatable bonds is 4.